The van der Waals surface area contributed by atoms with E-state index in [9.17, 15) is 0 Å². The van der Waals surface area contributed by atoms with Crippen molar-refractivity contribution in [1.29, 1.82) is 0 Å². The molecule has 108 valence electrons. The fourth-order valence-corrected chi connectivity index (χ4v) is 2.51. The molecule has 0 N–H and O–H groups in total. The van der Waals surface area contributed by atoms with Crippen molar-refractivity contribution in [3.8, 4) is 11.6 Å². The highest BCUT2D eigenvalue weighted by Crippen LogP contribution is 2.36. The van der Waals surface area contributed by atoms with E-state index < -0.39 is 0 Å². The zero-order valence-electron chi connectivity index (χ0n) is 13.4. The molecule has 0 spiro atoms. The molecular formula is C16H23N3O. The van der Waals surface area contributed by atoms with E-state index in [0.717, 1.165) is 17.0 Å². The van der Waals surface area contributed by atoms with Gasteiger partial charge in [-0.05, 0) is 23.5 Å². The number of hydrogen-bond donors (Lipinski definition) is 0. The van der Waals surface area contributed by atoms with Gasteiger partial charge < -0.3 is 4.42 Å². The summed E-state index contributed by atoms with van der Waals surface area (Å²) in [6, 6.07) is 0. The lowest BCUT2D eigenvalue weighted by Gasteiger charge is -2.30. The third-order valence-corrected chi connectivity index (χ3v) is 3.31. The Kier molecular flexibility index (Phi) is 3.44. The average Bonchev–Trinajstić information content (AvgIpc) is 2.78. The standard InChI is InChI=1S/C16H23N3O/c1-10-11(15(2,3)4)13(16(5,6)7)19-18-12(10)14-17-8-9-20-14/h8-9H,1-7H3. The van der Waals surface area contributed by atoms with E-state index in [1.807, 2.05) is 0 Å². The van der Waals surface area contributed by atoms with Gasteiger partial charge in [-0.25, -0.2) is 4.98 Å². The number of rotatable bonds is 1. The summed E-state index contributed by atoms with van der Waals surface area (Å²) < 4.78 is 5.38. The van der Waals surface area contributed by atoms with Gasteiger partial charge >= 0.3 is 0 Å². The molecule has 0 aromatic carbocycles. The second-order valence-corrected chi connectivity index (χ2v) is 7.23. The zero-order valence-corrected chi connectivity index (χ0v) is 13.4. The summed E-state index contributed by atoms with van der Waals surface area (Å²) in [5, 5.41) is 8.84. The van der Waals surface area contributed by atoms with Crippen molar-refractivity contribution in [2.75, 3.05) is 0 Å². The average molecular weight is 273 g/mol. The van der Waals surface area contributed by atoms with Crippen LogP contribution in [0.25, 0.3) is 11.6 Å². The van der Waals surface area contributed by atoms with Crippen molar-refractivity contribution in [3.05, 3.63) is 29.3 Å². The van der Waals surface area contributed by atoms with Crippen molar-refractivity contribution in [2.24, 2.45) is 0 Å². The lowest BCUT2D eigenvalue weighted by Crippen LogP contribution is -2.26. The van der Waals surface area contributed by atoms with Crippen molar-refractivity contribution in [2.45, 2.75) is 59.3 Å². The van der Waals surface area contributed by atoms with E-state index in [1.54, 1.807) is 12.5 Å². The van der Waals surface area contributed by atoms with Crippen LogP contribution in [-0.4, -0.2) is 15.2 Å². The Morgan fingerprint density at radius 3 is 2.05 bits per heavy atom. The molecule has 2 aromatic heterocycles. The Labute approximate surface area is 120 Å². The molecule has 20 heavy (non-hydrogen) atoms. The first-order valence-corrected chi connectivity index (χ1v) is 6.90. The highest BCUT2D eigenvalue weighted by molar-refractivity contribution is 5.57. The molecule has 2 heterocycles. The van der Waals surface area contributed by atoms with E-state index in [4.69, 9.17) is 4.42 Å². The first-order chi connectivity index (χ1) is 9.12. The molecule has 4 heteroatoms. The first kappa shape index (κ1) is 14.7. The molecular weight excluding hydrogens is 250 g/mol. The summed E-state index contributed by atoms with van der Waals surface area (Å²) in [4.78, 5) is 4.19. The van der Waals surface area contributed by atoms with Gasteiger partial charge in [-0.3, -0.25) is 0 Å². The van der Waals surface area contributed by atoms with Gasteiger partial charge in [0.05, 0.1) is 11.9 Å². The van der Waals surface area contributed by atoms with Gasteiger partial charge in [0.2, 0.25) is 5.89 Å². The highest BCUT2D eigenvalue weighted by atomic mass is 16.3. The lowest BCUT2D eigenvalue weighted by atomic mass is 9.76. The van der Waals surface area contributed by atoms with E-state index in [0.29, 0.717) is 5.89 Å². The summed E-state index contributed by atoms with van der Waals surface area (Å²) >= 11 is 0. The summed E-state index contributed by atoms with van der Waals surface area (Å²) in [7, 11) is 0. The minimum Gasteiger partial charge on any atom is -0.443 e. The number of oxazole rings is 1. The number of aromatic nitrogens is 3. The molecule has 0 radical (unpaired) electrons. The fourth-order valence-electron chi connectivity index (χ4n) is 2.51. The van der Waals surface area contributed by atoms with Crippen molar-refractivity contribution >= 4 is 0 Å². The third kappa shape index (κ3) is 2.60. The van der Waals surface area contributed by atoms with Crippen LogP contribution in [0.2, 0.25) is 0 Å². The molecule has 0 amide bonds. The maximum atomic E-state index is 5.38. The number of hydrogen-bond acceptors (Lipinski definition) is 4. The summed E-state index contributed by atoms with van der Waals surface area (Å²) in [6.45, 7) is 15.2. The topological polar surface area (TPSA) is 51.8 Å². The summed E-state index contributed by atoms with van der Waals surface area (Å²) in [5.74, 6) is 0.529. The van der Waals surface area contributed by atoms with Gasteiger partial charge in [-0.1, -0.05) is 41.5 Å². The van der Waals surface area contributed by atoms with Crippen LogP contribution in [0.3, 0.4) is 0 Å². The quantitative estimate of drug-likeness (QED) is 0.787. The molecule has 2 rings (SSSR count). The zero-order chi connectivity index (χ0) is 15.1. The molecule has 0 fully saturated rings. The second kappa shape index (κ2) is 4.69. The number of nitrogens with zero attached hydrogens (tertiary/aromatic N) is 3. The maximum Gasteiger partial charge on any atom is 0.247 e. The summed E-state index contributed by atoms with van der Waals surface area (Å²) in [6.07, 6.45) is 3.19. The van der Waals surface area contributed by atoms with Crippen LogP contribution >= 0.6 is 0 Å². The third-order valence-electron chi connectivity index (χ3n) is 3.31. The van der Waals surface area contributed by atoms with Gasteiger partial charge in [0.25, 0.3) is 0 Å². The van der Waals surface area contributed by atoms with Gasteiger partial charge in [0.15, 0.2) is 5.69 Å². The predicted octanol–water partition coefficient (Wildman–Crippen LogP) is 4.04. The Morgan fingerprint density at radius 1 is 0.950 bits per heavy atom. The first-order valence-electron chi connectivity index (χ1n) is 6.90. The van der Waals surface area contributed by atoms with Gasteiger partial charge in [-0.2, -0.15) is 5.10 Å². The van der Waals surface area contributed by atoms with Crippen molar-refractivity contribution in [1.82, 2.24) is 15.2 Å². The van der Waals surface area contributed by atoms with Gasteiger partial charge in [0, 0.05) is 5.41 Å². The van der Waals surface area contributed by atoms with E-state index in [1.165, 1.54) is 5.56 Å². The lowest BCUT2D eigenvalue weighted by molar-refractivity contribution is 0.500. The largest absolute Gasteiger partial charge is 0.443 e. The molecule has 0 aliphatic rings. The Balaban J connectivity index is 2.75. The molecule has 0 aliphatic carbocycles. The van der Waals surface area contributed by atoms with Crippen LogP contribution in [0.1, 0.15) is 58.4 Å². The molecule has 4 nitrogen and oxygen atoms in total. The normalized spacial score (nSPS) is 12.8. The molecule has 2 aromatic rings. The van der Waals surface area contributed by atoms with Crippen molar-refractivity contribution < 1.29 is 4.42 Å². The molecule has 0 bridgehead atoms. The monoisotopic (exact) mass is 273 g/mol. The fraction of sp³-hybridized carbons (Fsp3) is 0.562. The van der Waals surface area contributed by atoms with Crippen LogP contribution in [0.5, 0.6) is 0 Å². The Bertz CT molecular complexity index is 602. The van der Waals surface area contributed by atoms with E-state index >= 15 is 0 Å². The maximum absolute atomic E-state index is 5.38. The van der Waals surface area contributed by atoms with E-state index in [-0.39, 0.29) is 10.8 Å². The summed E-state index contributed by atoms with van der Waals surface area (Å²) in [5.41, 5.74) is 4.04. The SMILES string of the molecule is Cc1c(-c2ncco2)nnc(C(C)(C)C)c1C(C)(C)C. The van der Waals surface area contributed by atoms with Crippen molar-refractivity contribution in [3.63, 3.8) is 0 Å². The molecule has 0 aliphatic heterocycles. The minimum absolute atomic E-state index is 0.00994. The Hall–Kier alpha value is -1.71. The van der Waals surface area contributed by atoms with Crippen LogP contribution in [0, 0.1) is 6.92 Å². The van der Waals surface area contributed by atoms with E-state index in [2.05, 4.69) is 63.6 Å². The van der Waals surface area contributed by atoms with Gasteiger partial charge in [-0.15, -0.1) is 5.10 Å². The predicted molar refractivity (Wildman–Crippen MR) is 79.7 cm³/mol. The van der Waals surface area contributed by atoms with Gasteiger partial charge in [0.1, 0.15) is 6.26 Å². The minimum atomic E-state index is -0.0461. The van der Waals surface area contributed by atoms with Crippen LogP contribution < -0.4 is 0 Å². The molecule has 0 saturated heterocycles. The van der Waals surface area contributed by atoms with Crippen LogP contribution in [0.15, 0.2) is 16.9 Å². The van der Waals surface area contributed by atoms with Crippen LogP contribution in [0.4, 0.5) is 0 Å². The molecule has 0 atom stereocenters. The Morgan fingerprint density at radius 2 is 1.60 bits per heavy atom. The molecule has 0 saturated carbocycles. The smallest absolute Gasteiger partial charge is 0.247 e. The molecule has 0 unspecified atom stereocenters. The highest BCUT2D eigenvalue weighted by Gasteiger charge is 2.31. The van der Waals surface area contributed by atoms with Crippen LogP contribution in [-0.2, 0) is 10.8 Å². The second-order valence-electron chi connectivity index (χ2n) is 7.23.